The molecule has 0 aliphatic heterocycles. The number of hydrogen-bond donors (Lipinski definition) is 2. The summed E-state index contributed by atoms with van der Waals surface area (Å²) in [5, 5.41) is 0.831. The van der Waals surface area contributed by atoms with Gasteiger partial charge in [0.05, 0.1) is 27.2 Å². The minimum Gasteiger partial charge on any atom is -0.497 e. The third kappa shape index (κ3) is 3.10. The maximum atomic E-state index is 12.7. The molecule has 3 rings (SSSR count). The normalized spacial score (nSPS) is 12.4. The standard InChI is InChI=1S/C21H22N2O5/c1-26-14-8-6-7-13(11-14)18(21(22,19(24)27-2)20(25)28-3)16-12-23-17-10-5-4-9-15(16)17/h4-12,18,23H,22H2,1-3H3/t18-/m0/s1. The molecule has 0 unspecified atom stereocenters. The second-order valence-corrected chi connectivity index (χ2v) is 6.35. The Bertz CT molecular complexity index is 995. The fourth-order valence-corrected chi connectivity index (χ4v) is 3.50. The Morgan fingerprint density at radius 1 is 1.00 bits per heavy atom. The van der Waals surface area contributed by atoms with Gasteiger partial charge < -0.3 is 24.9 Å². The van der Waals surface area contributed by atoms with Crippen molar-refractivity contribution in [3.8, 4) is 5.75 Å². The first-order valence-electron chi connectivity index (χ1n) is 8.63. The number of hydrogen-bond acceptors (Lipinski definition) is 6. The number of para-hydroxylation sites is 1. The first-order valence-corrected chi connectivity index (χ1v) is 8.63. The second-order valence-electron chi connectivity index (χ2n) is 6.35. The number of nitrogens with two attached hydrogens (primary N) is 1. The van der Waals surface area contributed by atoms with Crippen LogP contribution in [0.2, 0.25) is 0 Å². The summed E-state index contributed by atoms with van der Waals surface area (Å²) in [6, 6.07) is 14.6. The van der Waals surface area contributed by atoms with E-state index in [-0.39, 0.29) is 0 Å². The molecule has 0 spiro atoms. The summed E-state index contributed by atoms with van der Waals surface area (Å²) in [4.78, 5) is 28.7. The molecule has 7 heteroatoms. The average molecular weight is 382 g/mol. The maximum Gasteiger partial charge on any atom is 0.338 e. The van der Waals surface area contributed by atoms with Crippen LogP contribution in [-0.4, -0.2) is 43.8 Å². The van der Waals surface area contributed by atoms with Gasteiger partial charge in [0.25, 0.3) is 0 Å². The molecular weight excluding hydrogens is 360 g/mol. The highest BCUT2D eigenvalue weighted by Crippen LogP contribution is 2.40. The Balaban J connectivity index is 2.33. The van der Waals surface area contributed by atoms with Crippen molar-refractivity contribution in [2.75, 3.05) is 21.3 Å². The van der Waals surface area contributed by atoms with Crippen LogP contribution in [0.5, 0.6) is 5.75 Å². The number of carbonyl (C=O) groups is 2. The lowest BCUT2D eigenvalue weighted by Gasteiger charge is -2.32. The molecule has 3 N–H and O–H groups in total. The number of carbonyl (C=O) groups excluding carboxylic acids is 2. The summed E-state index contributed by atoms with van der Waals surface area (Å²) in [7, 11) is 3.91. The zero-order valence-electron chi connectivity index (χ0n) is 15.9. The van der Waals surface area contributed by atoms with Crippen LogP contribution in [0.25, 0.3) is 10.9 Å². The maximum absolute atomic E-state index is 12.7. The van der Waals surface area contributed by atoms with E-state index >= 15 is 0 Å². The van der Waals surface area contributed by atoms with E-state index in [9.17, 15) is 9.59 Å². The van der Waals surface area contributed by atoms with Gasteiger partial charge in [0.2, 0.25) is 5.54 Å². The Hall–Kier alpha value is -3.32. The van der Waals surface area contributed by atoms with Crippen LogP contribution >= 0.6 is 0 Å². The van der Waals surface area contributed by atoms with Gasteiger partial charge in [-0.3, -0.25) is 0 Å². The summed E-state index contributed by atoms with van der Waals surface area (Å²) in [5.41, 5.74) is 6.49. The van der Waals surface area contributed by atoms with Crippen molar-refractivity contribution in [1.82, 2.24) is 4.98 Å². The molecule has 0 aliphatic carbocycles. The lowest BCUT2D eigenvalue weighted by atomic mass is 9.75. The molecule has 146 valence electrons. The van der Waals surface area contributed by atoms with E-state index in [0.717, 1.165) is 10.9 Å². The van der Waals surface area contributed by atoms with E-state index in [1.165, 1.54) is 21.3 Å². The van der Waals surface area contributed by atoms with Gasteiger partial charge in [-0.15, -0.1) is 0 Å². The molecular formula is C21H22N2O5. The van der Waals surface area contributed by atoms with Gasteiger partial charge in [-0.1, -0.05) is 30.3 Å². The minimum atomic E-state index is -2.10. The number of benzene rings is 2. The van der Waals surface area contributed by atoms with Crippen molar-refractivity contribution >= 4 is 22.8 Å². The Labute approximate surface area is 162 Å². The number of aromatic amines is 1. The molecule has 1 atom stereocenters. The van der Waals surface area contributed by atoms with Crippen LogP contribution in [0, 0.1) is 0 Å². The fraction of sp³-hybridized carbons (Fsp3) is 0.238. The quantitative estimate of drug-likeness (QED) is 0.501. The number of fused-ring (bicyclic) bond motifs is 1. The third-order valence-electron chi connectivity index (χ3n) is 4.86. The van der Waals surface area contributed by atoms with E-state index in [4.69, 9.17) is 19.9 Å². The van der Waals surface area contributed by atoms with Crippen LogP contribution in [0.1, 0.15) is 17.0 Å². The van der Waals surface area contributed by atoms with E-state index in [2.05, 4.69) is 4.98 Å². The van der Waals surface area contributed by atoms with Gasteiger partial charge in [-0.05, 0) is 29.3 Å². The number of esters is 2. The first-order chi connectivity index (χ1) is 13.5. The van der Waals surface area contributed by atoms with Crippen LogP contribution < -0.4 is 10.5 Å². The van der Waals surface area contributed by atoms with Gasteiger partial charge in [-0.25, -0.2) is 9.59 Å². The van der Waals surface area contributed by atoms with Gasteiger partial charge in [0, 0.05) is 17.1 Å². The van der Waals surface area contributed by atoms with Crippen LogP contribution in [0.3, 0.4) is 0 Å². The summed E-state index contributed by atoms with van der Waals surface area (Å²) in [6.07, 6.45) is 1.74. The summed E-state index contributed by atoms with van der Waals surface area (Å²) >= 11 is 0. The van der Waals surface area contributed by atoms with E-state index in [0.29, 0.717) is 16.9 Å². The molecule has 0 radical (unpaired) electrons. The second kappa shape index (κ2) is 7.74. The van der Waals surface area contributed by atoms with Gasteiger partial charge in [-0.2, -0.15) is 0 Å². The van der Waals surface area contributed by atoms with E-state index < -0.39 is 23.4 Å². The van der Waals surface area contributed by atoms with Crippen LogP contribution in [0.15, 0.2) is 54.7 Å². The average Bonchev–Trinajstić information content (AvgIpc) is 3.16. The number of aromatic nitrogens is 1. The van der Waals surface area contributed by atoms with Gasteiger partial charge in [0.15, 0.2) is 0 Å². The molecule has 0 fully saturated rings. The molecule has 7 nitrogen and oxygen atoms in total. The molecule has 0 amide bonds. The zero-order valence-corrected chi connectivity index (χ0v) is 15.9. The van der Waals surface area contributed by atoms with Gasteiger partial charge in [0.1, 0.15) is 5.75 Å². The predicted molar refractivity (Wildman–Crippen MR) is 104 cm³/mol. The Morgan fingerprint density at radius 2 is 1.68 bits per heavy atom. The highest BCUT2D eigenvalue weighted by Gasteiger charge is 2.53. The molecule has 3 aromatic rings. The van der Waals surface area contributed by atoms with Crippen molar-refractivity contribution in [1.29, 1.82) is 0 Å². The van der Waals surface area contributed by atoms with Crippen LogP contribution in [0.4, 0.5) is 0 Å². The van der Waals surface area contributed by atoms with Crippen molar-refractivity contribution in [2.45, 2.75) is 11.5 Å². The summed E-state index contributed by atoms with van der Waals surface area (Å²) in [6.45, 7) is 0. The molecule has 0 saturated heterocycles. The van der Waals surface area contributed by atoms with Crippen molar-refractivity contribution in [3.05, 3.63) is 65.9 Å². The smallest absolute Gasteiger partial charge is 0.338 e. The topological polar surface area (TPSA) is 104 Å². The lowest BCUT2D eigenvalue weighted by Crippen LogP contribution is -2.60. The third-order valence-corrected chi connectivity index (χ3v) is 4.86. The minimum absolute atomic E-state index is 0.569. The Kier molecular flexibility index (Phi) is 5.37. The molecule has 2 aromatic carbocycles. The number of rotatable bonds is 6. The van der Waals surface area contributed by atoms with E-state index in [1.807, 2.05) is 24.3 Å². The van der Waals surface area contributed by atoms with Crippen molar-refractivity contribution < 1.29 is 23.8 Å². The molecule has 0 saturated carbocycles. The first kappa shape index (κ1) is 19.4. The summed E-state index contributed by atoms with van der Waals surface area (Å²) in [5.74, 6) is -2.09. The Morgan fingerprint density at radius 3 is 2.32 bits per heavy atom. The number of H-pyrrole nitrogens is 1. The molecule has 28 heavy (non-hydrogen) atoms. The lowest BCUT2D eigenvalue weighted by molar-refractivity contribution is -0.162. The molecule has 1 aromatic heterocycles. The number of ether oxygens (including phenoxy) is 3. The highest BCUT2D eigenvalue weighted by atomic mass is 16.5. The largest absolute Gasteiger partial charge is 0.497 e. The van der Waals surface area contributed by atoms with Crippen LogP contribution in [-0.2, 0) is 19.1 Å². The monoisotopic (exact) mass is 382 g/mol. The van der Waals surface area contributed by atoms with Crippen molar-refractivity contribution in [3.63, 3.8) is 0 Å². The van der Waals surface area contributed by atoms with Gasteiger partial charge >= 0.3 is 11.9 Å². The summed E-state index contributed by atoms with van der Waals surface area (Å²) < 4.78 is 15.1. The predicted octanol–water partition coefficient (Wildman–Crippen LogP) is 2.35. The number of nitrogens with one attached hydrogen (secondary N) is 1. The molecule has 0 aliphatic rings. The van der Waals surface area contributed by atoms with E-state index in [1.54, 1.807) is 30.5 Å². The number of methoxy groups -OCH3 is 3. The fourth-order valence-electron chi connectivity index (χ4n) is 3.50. The SMILES string of the molecule is COC(=O)C(N)(C(=O)OC)[C@@H](c1cccc(OC)c1)c1c[nH]c2ccccc12. The molecule has 1 heterocycles. The molecule has 0 bridgehead atoms. The highest BCUT2D eigenvalue weighted by molar-refractivity contribution is 6.07. The zero-order chi connectivity index (χ0) is 20.3. The van der Waals surface area contributed by atoms with Crippen molar-refractivity contribution in [2.24, 2.45) is 5.73 Å².